The van der Waals surface area contributed by atoms with Gasteiger partial charge in [0.15, 0.2) is 22.5 Å². The Kier molecular flexibility index (Phi) is 14.4. The van der Waals surface area contributed by atoms with E-state index in [1.807, 2.05) is 29.6 Å². The van der Waals surface area contributed by atoms with Gasteiger partial charge in [-0.2, -0.15) is 9.67 Å². The molecule has 0 atom stereocenters. The molecule has 0 saturated heterocycles. The van der Waals surface area contributed by atoms with Gasteiger partial charge in [0.25, 0.3) is 5.82 Å². The van der Waals surface area contributed by atoms with Gasteiger partial charge in [-0.15, -0.1) is 33.1 Å². The third kappa shape index (κ3) is 11.1. The first kappa shape index (κ1) is 46.2. The van der Waals surface area contributed by atoms with Crippen molar-refractivity contribution in [2.45, 2.75) is 19.6 Å². The van der Waals surface area contributed by atoms with E-state index >= 15 is 0 Å². The lowest BCUT2D eigenvalue weighted by Crippen LogP contribution is -2.06. The number of hydrogen-bond acceptors (Lipinski definition) is 14. The van der Waals surface area contributed by atoms with E-state index in [4.69, 9.17) is 11.1 Å². The Hall–Kier alpha value is -8.94. The van der Waals surface area contributed by atoms with E-state index in [1.54, 1.807) is 108 Å². The minimum atomic E-state index is -0.330. The summed E-state index contributed by atoms with van der Waals surface area (Å²) < 4.78 is 51.9. The minimum absolute atomic E-state index is 0.110. The monoisotopic (exact) mass is 1020 g/mol. The Morgan fingerprint density at radius 3 is 1.56 bits per heavy atom. The molecule has 0 N–H and O–H groups in total. The van der Waals surface area contributed by atoms with Gasteiger partial charge >= 0.3 is 5.95 Å². The van der Waals surface area contributed by atoms with Crippen molar-refractivity contribution in [1.82, 2.24) is 74.4 Å². The fraction of sp³-hybridized carbons (Fsp3) is 0.0625. The number of benzene rings is 3. The third-order valence-electron chi connectivity index (χ3n) is 9.85. The van der Waals surface area contributed by atoms with E-state index < -0.39 is 0 Å². The van der Waals surface area contributed by atoms with E-state index in [1.165, 1.54) is 45.3 Å². The van der Waals surface area contributed by atoms with Crippen molar-refractivity contribution in [2.75, 3.05) is 0 Å². The van der Waals surface area contributed by atoms with Crippen molar-refractivity contribution >= 4 is 33.2 Å². The second-order valence-electron chi connectivity index (χ2n) is 14.5. The lowest BCUT2D eigenvalue weighted by molar-refractivity contribution is 0.418. The Bertz CT molecular complexity index is 3510. The highest BCUT2D eigenvalue weighted by Gasteiger charge is 2.21. The van der Waals surface area contributed by atoms with Crippen LogP contribution in [0.4, 0.5) is 19.1 Å². The molecule has 0 fully saturated rings. The quantitative estimate of drug-likeness (QED) is 0.112. The lowest BCUT2D eigenvalue weighted by atomic mass is 10.2. The Labute approximate surface area is 408 Å². The van der Waals surface area contributed by atoms with Crippen molar-refractivity contribution in [2.24, 2.45) is 0 Å². The highest BCUT2D eigenvalue weighted by molar-refractivity contribution is 9.10. The molecule has 0 bridgehead atoms. The SMILES string of the molecule is Fc1ccccc1Cn1nc(-c2cc(Br)ccn2)nc1-c1nccs1.Fc1ccccc1Cn1nc(-c2ccccn2)nc1-c1ncon1.[C-]#[N+]c1nc(-c2ccccn2)nn1Cc1ccccc1F. The van der Waals surface area contributed by atoms with Gasteiger partial charge in [-0.25, -0.2) is 37.5 Å². The highest BCUT2D eigenvalue weighted by Crippen LogP contribution is 2.26. The van der Waals surface area contributed by atoms with Crippen LogP contribution in [0.25, 0.3) is 61.9 Å². The maximum absolute atomic E-state index is 14.0. The lowest BCUT2D eigenvalue weighted by Gasteiger charge is -2.05. The van der Waals surface area contributed by atoms with E-state index in [9.17, 15) is 13.2 Å². The van der Waals surface area contributed by atoms with E-state index in [0.29, 0.717) is 62.9 Å². The average molecular weight is 1020 g/mol. The molecular weight excluding hydrogens is 986 g/mol. The number of nitrogens with zero attached hydrogens (tertiary/aromatic N) is 16. The first-order valence-electron chi connectivity index (χ1n) is 20.8. The van der Waals surface area contributed by atoms with Gasteiger partial charge in [-0.1, -0.05) is 92.9 Å². The molecule has 8 heterocycles. The summed E-state index contributed by atoms with van der Waals surface area (Å²) >= 11 is 4.88. The van der Waals surface area contributed by atoms with Crippen LogP contribution >= 0.6 is 27.3 Å². The number of hydrogen-bond donors (Lipinski definition) is 0. The number of aromatic nitrogens is 15. The molecule has 0 radical (unpaired) electrons. The standard InChI is InChI=1S/C17H11BrFN5S.C16H11FN6O.C15H10FN5/c18-12-5-6-20-14(9-12)15-22-16(17-21-7-8-25-17)24(23-15)10-11-3-1-2-4-13(11)19;17-12-6-2-1-5-11(12)9-23-16(15-19-10-24-22-15)20-14(21-23)13-7-3-4-8-18-13;1-17-15-19-14(13-8-4-5-9-18-13)20-21(15)10-11-6-2-3-7-12(11)16/h1-9H,10H2;1-8,10H,9H2;2-9H,10H2. The van der Waals surface area contributed by atoms with Crippen molar-refractivity contribution < 1.29 is 17.7 Å². The molecule has 0 amide bonds. The van der Waals surface area contributed by atoms with Gasteiger partial charge in [-0.3, -0.25) is 15.0 Å². The van der Waals surface area contributed by atoms with Crippen LogP contribution in [0.3, 0.4) is 0 Å². The van der Waals surface area contributed by atoms with Crippen LogP contribution in [0.5, 0.6) is 0 Å². The highest BCUT2D eigenvalue weighted by atomic mass is 79.9. The molecular formula is C48H32BrF3N16OS. The molecule has 17 nitrogen and oxygen atoms in total. The fourth-order valence-corrected chi connectivity index (χ4v) is 7.52. The first-order chi connectivity index (χ1) is 34.3. The van der Waals surface area contributed by atoms with Crippen LogP contribution < -0.4 is 0 Å². The topological polar surface area (TPSA) is 187 Å². The van der Waals surface area contributed by atoms with Crippen molar-refractivity contribution in [3.63, 3.8) is 0 Å². The number of rotatable bonds is 11. The van der Waals surface area contributed by atoms with Crippen LogP contribution in [0.2, 0.25) is 0 Å². The summed E-state index contributed by atoms with van der Waals surface area (Å²) in [6, 6.07) is 34.0. The Morgan fingerprint density at radius 1 is 0.529 bits per heavy atom. The molecule has 344 valence electrons. The van der Waals surface area contributed by atoms with E-state index in [-0.39, 0.29) is 48.9 Å². The maximum atomic E-state index is 14.0. The summed E-state index contributed by atoms with van der Waals surface area (Å²) in [7, 11) is 0. The largest absolute Gasteiger partial charge is 0.395 e. The molecule has 0 saturated carbocycles. The van der Waals surface area contributed by atoms with Crippen LogP contribution in [-0.2, 0) is 19.6 Å². The summed E-state index contributed by atoms with van der Waals surface area (Å²) in [6.07, 6.45) is 7.88. The van der Waals surface area contributed by atoms with Crippen molar-refractivity contribution in [1.29, 1.82) is 0 Å². The van der Waals surface area contributed by atoms with Gasteiger partial charge in [0, 0.05) is 51.3 Å². The summed E-state index contributed by atoms with van der Waals surface area (Å²) in [4.78, 5) is 37.5. The van der Waals surface area contributed by atoms with Gasteiger partial charge < -0.3 is 9.37 Å². The van der Waals surface area contributed by atoms with E-state index in [2.05, 4.69) is 81.1 Å². The zero-order valence-electron chi connectivity index (χ0n) is 36.1. The van der Waals surface area contributed by atoms with Gasteiger partial charge in [0.05, 0.1) is 13.1 Å². The van der Waals surface area contributed by atoms with E-state index in [0.717, 1.165) is 9.48 Å². The van der Waals surface area contributed by atoms with Crippen molar-refractivity contribution in [3.05, 3.63) is 208 Å². The molecule has 8 aromatic heterocycles. The third-order valence-corrected chi connectivity index (χ3v) is 11.1. The second-order valence-corrected chi connectivity index (χ2v) is 16.3. The van der Waals surface area contributed by atoms with Crippen LogP contribution in [-0.4, -0.2) is 74.4 Å². The maximum Gasteiger partial charge on any atom is 0.360 e. The van der Waals surface area contributed by atoms with Gasteiger partial charge in [0.1, 0.15) is 41.1 Å². The number of thiazole rings is 1. The summed E-state index contributed by atoms with van der Waals surface area (Å²) in [6.45, 7) is 7.78. The zero-order valence-corrected chi connectivity index (χ0v) is 38.5. The second kappa shape index (κ2) is 21.8. The minimum Gasteiger partial charge on any atom is -0.395 e. The molecule has 0 aliphatic rings. The summed E-state index contributed by atoms with van der Waals surface area (Å²) in [5.41, 5.74) is 3.31. The molecule has 11 aromatic rings. The van der Waals surface area contributed by atoms with Gasteiger partial charge in [0.2, 0.25) is 18.0 Å². The Balaban J connectivity index is 0.000000131. The number of pyridine rings is 3. The summed E-state index contributed by atoms with van der Waals surface area (Å²) in [5, 5.41) is 19.6. The molecule has 70 heavy (non-hydrogen) atoms. The van der Waals surface area contributed by atoms with Crippen LogP contribution in [0, 0.1) is 24.0 Å². The summed E-state index contributed by atoms with van der Waals surface area (Å²) in [5.74, 6) is 1.69. The predicted octanol–water partition coefficient (Wildman–Crippen LogP) is 10.1. The normalized spacial score (nSPS) is 10.7. The van der Waals surface area contributed by atoms with Crippen LogP contribution in [0.15, 0.2) is 167 Å². The van der Waals surface area contributed by atoms with Crippen LogP contribution in [0.1, 0.15) is 16.7 Å². The predicted molar refractivity (Wildman–Crippen MR) is 255 cm³/mol. The van der Waals surface area contributed by atoms with Gasteiger partial charge in [-0.05, 0) is 54.6 Å². The zero-order chi connectivity index (χ0) is 48.2. The molecule has 22 heteroatoms. The van der Waals surface area contributed by atoms with Crippen molar-refractivity contribution in [3.8, 4) is 57.0 Å². The molecule has 11 rings (SSSR count). The Morgan fingerprint density at radius 2 is 1.04 bits per heavy atom. The smallest absolute Gasteiger partial charge is 0.360 e. The number of halogens is 4. The molecule has 0 unspecified atom stereocenters. The fourth-order valence-electron chi connectivity index (χ4n) is 6.56. The first-order valence-corrected chi connectivity index (χ1v) is 22.5. The molecule has 0 aliphatic carbocycles. The average Bonchev–Trinajstić information content (AvgIpc) is 4.26. The molecule has 3 aromatic carbocycles. The molecule has 0 spiro atoms. The molecule has 0 aliphatic heterocycles.